The van der Waals surface area contributed by atoms with Crippen molar-refractivity contribution in [3.63, 3.8) is 0 Å². The van der Waals surface area contributed by atoms with Crippen molar-refractivity contribution in [1.82, 2.24) is 9.71 Å². The van der Waals surface area contributed by atoms with E-state index in [1.165, 1.54) is 6.07 Å². The fourth-order valence-electron chi connectivity index (χ4n) is 2.26. The van der Waals surface area contributed by atoms with Gasteiger partial charge in [-0.25, -0.2) is 13.1 Å². The van der Waals surface area contributed by atoms with E-state index in [1.54, 1.807) is 12.1 Å². The number of aromatic amines is 1. The largest absolute Gasteiger partial charge is 0.312 e. The number of fused-ring (bicyclic) bond motifs is 1. The number of benzene rings is 1. The molecule has 108 valence electrons. The molecule has 2 aromatic rings. The number of nitrogens with one attached hydrogen (secondary N) is 2. The van der Waals surface area contributed by atoms with Gasteiger partial charge in [0.2, 0.25) is 10.0 Å². The van der Waals surface area contributed by atoms with Crippen LogP contribution in [0.25, 0.3) is 10.2 Å². The van der Waals surface area contributed by atoms with Crippen LogP contribution >= 0.6 is 11.3 Å². The van der Waals surface area contributed by atoms with Crippen molar-refractivity contribution in [3.8, 4) is 0 Å². The standard InChI is InChI=1S/C13H16N2O3S2/c1-2-13(5-6-13)8-14-20(17,18)9-3-4-10-11(7-9)19-12(16)15-10/h3-4,7,14H,2,5-6,8H2,1H3,(H,15,16). The first-order valence-corrected chi connectivity index (χ1v) is 8.87. The Hall–Kier alpha value is -1.18. The first-order valence-electron chi connectivity index (χ1n) is 6.57. The summed E-state index contributed by atoms with van der Waals surface area (Å²) in [6.07, 6.45) is 3.17. The van der Waals surface area contributed by atoms with Gasteiger partial charge < -0.3 is 4.98 Å². The SMILES string of the molecule is CCC1(CNS(=O)(=O)c2ccc3[nH]c(=O)sc3c2)CC1. The molecule has 0 saturated heterocycles. The van der Waals surface area contributed by atoms with Gasteiger partial charge in [0, 0.05) is 6.54 Å². The lowest BCUT2D eigenvalue weighted by molar-refractivity contribution is 0.475. The molecule has 1 saturated carbocycles. The normalized spacial score (nSPS) is 17.4. The molecular weight excluding hydrogens is 296 g/mol. The molecule has 7 heteroatoms. The van der Waals surface area contributed by atoms with E-state index >= 15 is 0 Å². The van der Waals surface area contributed by atoms with Crippen molar-refractivity contribution in [3.05, 3.63) is 27.9 Å². The predicted molar refractivity (Wildman–Crippen MR) is 79.6 cm³/mol. The van der Waals surface area contributed by atoms with Gasteiger partial charge in [-0.15, -0.1) is 0 Å². The van der Waals surface area contributed by atoms with Crippen molar-refractivity contribution in [1.29, 1.82) is 0 Å². The molecule has 20 heavy (non-hydrogen) atoms. The number of H-pyrrole nitrogens is 1. The predicted octanol–water partition coefficient (Wildman–Crippen LogP) is 2.06. The van der Waals surface area contributed by atoms with E-state index in [0.717, 1.165) is 30.6 Å². The number of hydrogen-bond acceptors (Lipinski definition) is 4. The molecule has 1 aromatic heterocycles. The van der Waals surface area contributed by atoms with Gasteiger partial charge in [0.1, 0.15) is 0 Å². The minimum Gasteiger partial charge on any atom is -0.312 e. The summed E-state index contributed by atoms with van der Waals surface area (Å²) in [5, 5.41) is 0. The smallest absolute Gasteiger partial charge is 0.305 e. The molecule has 1 aromatic carbocycles. The maximum absolute atomic E-state index is 12.3. The van der Waals surface area contributed by atoms with E-state index in [0.29, 0.717) is 16.8 Å². The summed E-state index contributed by atoms with van der Waals surface area (Å²) < 4.78 is 27.9. The molecule has 3 rings (SSSR count). The molecule has 1 heterocycles. The lowest BCUT2D eigenvalue weighted by Gasteiger charge is -2.13. The van der Waals surface area contributed by atoms with Crippen molar-refractivity contribution in [2.45, 2.75) is 31.1 Å². The zero-order chi connectivity index (χ0) is 14.4. The lowest BCUT2D eigenvalue weighted by Crippen LogP contribution is -2.30. The van der Waals surface area contributed by atoms with Crippen molar-refractivity contribution < 1.29 is 8.42 Å². The highest BCUT2D eigenvalue weighted by atomic mass is 32.2. The zero-order valence-electron chi connectivity index (χ0n) is 11.1. The van der Waals surface area contributed by atoms with Gasteiger partial charge in [-0.05, 0) is 42.9 Å². The second kappa shape index (κ2) is 4.68. The van der Waals surface area contributed by atoms with E-state index < -0.39 is 10.0 Å². The van der Waals surface area contributed by atoms with Crippen molar-refractivity contribution in [2.24, 2.45) is 5.41 Å². The number of thiazole rings is 1. The quantitative estimate of drug-likeness (QED) is 0.887. The molecule has 5 nitrogen and oxygen atoms in total. The van der Waals surface area contributed by atoms with Gasteiger partial charge >= 0.3 is 4.87 Å². The molecule has 0 bridgehead atoms. The molecule has 0 radical (unpaired) electrons. The van der Waals surface area contributed by atoms with Crippen LogP contribution in [0.3, 0.4) is 0 Å². The topological polar surface area (TPSA) is 79.0 Å². The highest BCUT2D eigenvalue weighted by Gasteiger charge is 2.41. The maximum atomic E-state index is 12.3. The summed E-state index contributed by atoms with van der Waals surface area (Å²) >= 11 is 1.02. The van der Waals surface area contributed by atoms with E-state index in [1.807, 2.05) is 0 Å². The molecule has 0 unspecified atom stereocenters. The molecule has 0 atom stereocenters. The number of hydrogen-bond donors (Lipinski definition) is 2. The van der Waals surface area contributed by atoms with Crippen LogP contribution in [-0.2, 0) is 10.0 Å². The van der Waals surface area contributed by atoms with Crippen molar-refractivity contribution >= 4 is 31.6 Å². The summed E-state index contributed by atoms with van der Waals surface area (Å²) in [7, 11) is -3.51. The fourth-order valence-corrected chi connectivity index (χ4v) is 4.29. The van der Waals surface area contributed by atoms with E-state index in [-0.39, 0.29) is 15.2 Å². The minimum absolute atomic E-state index is 0.163. The van der Waals surface area contributed by atoms with Crippen LogP contribution in [0.5, 0.6) is 0 Å². The van der Waals surface area contributed by atoms with Crippen LogP contribution in [0.4, 0.5) is 0 Å². The molecule has 0 spiro atoms. The number of sulfonamides is 1. The van der Waals surface area contributed by atoms with Crippen molar-refractivity contribution in [2.75, 3.05) is 6.54 Å². The Morgan fingerprint density at radius 2 is 2.15 bits per heavy atom. The molecule has 0 aliphatic heterocycles. The Bertz CT molecular complexity index is 800. The van der Waals surface area contributed by atoms with Gasteiger partial charge in [0.05, 0.1) is 15.1 Å². The Labute approximate surface area is 121 Å². The molecule has 1 fully saturated rings. The Kier molecular flexibility index (Phi) is 3.23. The third-order valence-electron chi connectivity index (χ3n) is 4.05. The minimum atomic E-state index is -3.51. The van der Waals surface area contributed by atoms with E-state index in [2.05, 4.69) is 16.6 Å². The van der Waals surface area contributed by atoms with Gasteiger partial charge in [-0.1, -0.05) is 18.3 Å². The maximum Gasteiger partial charge on any atom is 0.305 e. The summed E-state index contributed by atoms with van der Waals surface area (Å²) in [5.74, 6) is 0. The first-order chi connectivity index (χ1) is 9.44. The van der Waals surface area contributed by atoms with E-state index in [4.69, 9.17) is 0 Å². The Morgan fingerprint density at radius 1 is 1.40 bits per heavy atom. The van der Waals surface area contributed by atoms with Crippen LogP contribution in [0.1, 0.15) is 26.2 Å². The van der Waals surface area contributed by atoms with Crippen LogP contribution in [0, 0.1) is 5.41 Å². The Balaban J connectivity index is 1.86. The van der Waals surface area contributed by atoms with Gasteiger partial charge in [-0.2, -0.15) is 0 Å². The zero-order valence-corrected chi connectivity index (χ0v) is 12.7. The molecule has 1 aliphatic rings. The second-order valence-corrected chi connectivity index (χ2v) is 8.13. The average molecular weight is 312 g/mol. The van der Waals surface area contributed by atoms with Gasteiger partial charge in [-0.3, -0.25) is 4.79 Å². The molecule has 1 aliphatic carbocycles. The molecule has 0 amide bonds. The van der Waals surface area contributed by atoms with Crippen LogP contribution in [0.2, 0.25) is 0 Å². The number of rotatable bonds is 5. The second-order valence-electron chi connectivity index (χ2n) is 5.35. The molecule has 2 N–H and O–H groups in total. The molecular formula is C13H16N2O3S2. The summed E-state index contributed by atoms with van der Waals surface area (Å²) in [6.45, 7) is 2.58. The summed E-state index contributed by atoms with van der Waals surface area (Å²) in [4.78, 5) is 14.0. The average Bonchev–Trinajstić information content (AvgIpc) is 3.10. The van der Waals surface area contributed by atoms with Crippen LogP contribution in [-0.4, -0.2) is 19.9 Å². The van der Waals surface area contributed by atoms with Gasteiger partial charge in [0.15, 0.2) is 0 Å². The number of aromatic nitrogens is 1. The third kappa shape index (κ3) is 2.53. The van der Waals surface area contributed by atoms with Crippen LogP contribution in [0.15, 0.2) is 27.9 Å². The highest BCUT2D eigenvalue weighted by molar-refractivity contribution is 7.89. The summed E-state index contributed by atoms with van der Waals surface area (Å²) in [5.41, 5.74) is 0.835. The lowest BCUT2D eigenvalue weighted by atomic mass is 10.1. The fraction of sp³-hybridized carbons (Fsp3) is 0.462. The van der Waals surface area contributed by atoms with E-state index in [9.17, 15) is 13.2 Å². The third-order valence-corrected chi connectivity index (χ3v) is 6.29. The monoisotopic (exact) mass is 312 g/mol. The first kappa shape index (κ1) is 13.8. The highest BCUT2D eigenvalue weighted by Crippen LogP contribution is 2.48. The van der Waals surface area contributed by atoms with Gasteiger partial charge in [0.25, 0.3) is 0 Å². The van der Waals surface area contributed by atoms with Crippen LogP contribution < -0.4 is 9.60 Å². The summed E-state index contributed by atoms with van der Waals surface area (Å²) in [6, 6.07) is 4.71. The Morgan fingerprint density at radius 3 is 2.80 bits per heavy atom.